The maximum absolute atomic E-state index is 12.5. The first-order valence-corrected chi connectivity index (χ1v) is 9.02. The zero-order valence-electron chi connectivity index (χ0n) is 15.6. The number of hydrogen-bond acceptors (Lipinski definition) is 5. The van der Waals surface area contributed by atoms with Crippen LogP contribution in [0, 0.1) is 5.92 Å². The fourth-order valence-corrected chi connectivity index (χ4v) is 3.18. The molecule has 6 nitrogen and oxygen atoms in total. The van der Waals surface area contributed by atoms with Crippen molar-refractivity contribution in [2.45, 2.75) is 19.9 Å². The first kappa shape index (κ1) is 19.7. The Kier molecular flexibility index (Phi) is 7.68. The van der Waals surface area contributed by atoms with Gasteiger partial charge in [-0.05, 0) is 23.6 Å². The summed E-state index contributed by atoms with van der Waals surface area (Å²) >= 11 is 0. The molecule has 0 spiro atoms. The van der Waals surface area contributed by atoms with Crippen molar-refractivity contribution in [3.8, 4) is 5.75 Å². The average molecular weight is 349 g/mol. The maximum atomic E-state index is 12.5. The van der Waals surface area contributed by atoms with E-state index in [2.05, 4.69) is 29.0 Å². The highest BCUT2D eigenvalue weighted by atomic mass is 16.5. The lowest BCUT2D eigenvalue weighted by atomic mass is 9.96. The molecule has 0 radical (unpaired) electrons. The Balaban J connectivity index is 1.88. The molecule has 1 fully saturated rings. The van der Waals surface area contributed by atoms with Crippen LogP contribution in [0.1, 0.15) is 25.5 Å². The van der Waals surface area contributed by atoms with Gasteiger partial charge in [0.25, 0.3) is 0 Å². The van der Waals surface area contributed by atoms with Crippen LogP contribution in [-0.2, 0) is 4.79 Å². The second-order valence-corrected chi connectivity index (χ2v) is 6.90. The van der Waals surface area contributed by atoms with Gasteiger partial charge in [0.05, 0.1) is 26.3 Å². The number of benzene rings is 1. The lowest BCUT2D eigenvalue weighted by Gasteiger charge is -2.34. The molecule has 1 aromatic carbocycles. The Hall–Kier alpha value is -1.63. The number of amides is 1. The maximum Gasteiger partial charge on any atom is 0.234 e. The van der Waals surface area contributed by atoms with E-state index < -0.39 is 0 Å². The predicted octanol–water partition coefficient (Wildman–Crippen LogP) is 1.12. The molecule has 0 aromatic heterocycles. The van der Waals surface area contributed by atoms with E-state index in [4.69, 9.17) is 9.84 Å². The molecular formula is C19H31N3O3. The number of nitrogens with zero attached hydrogens (tertiary/aromatic N) is 2. The highest BCUT2D eigenvalue weighted by Crippen LogP contribution is 2.23. The van der Waals surface area contributed by atoms with Gasteiger partial charge >= 0.3 is 0 Å². The van der Waals surface area contributed by atoms with Crippen LogP contribution >= 0.6 is 0 Å². The third-order valence-electron chi connectivity index (χ3n) is 4.71. The third-order valence-corrected chi connectivity index (χ3v) is 4.71. The second kappa shape index (κ2) is 9.75. The van der Waals surface area contributed by atoms with Crippen LogP contribution < -0.4 is 10.1 Å². The van der Waals surface area contributed by atoms with Crippen molar-refractivity contribution in [1.29, 1.82) is 0 Å². The van der Waals surface area contributed by atoms with Gasteiger partial charge < -0.3 is 15.2 Å². The van der Waals surface area contributed by atoms with E-state index in [9.17, 15) is 4.79 Å². The fraction of sp³-hybridized carbons (Fsp3) is 0.632. The molecule has 1 atom stereocenters. The van der Waals surface area contributed by atoms with Gasteiger partial charge in [-0.25, -0.2) is 0 Å². The minimum Gasteiger partial charge on any atom is -0.497 e. The van der Waals surface area contributed by atoms with Crippen molar-refractivity contribution in [2.24, 2.45) is 5.92 Å². The average Bonchev–Trinajstić information content (AvgIpc) is 2.61. The standard InChI is InChI=1S/C19H31N3O3/c1-15(2)19(16-4-6-17(25-3)7-5-16)20-18(24)14-22-10-8-21(9-11-22)12-13-23/h4-7,15,19,23H,8-14H2,1-3H3,(H,20,24)/t19-/m1/s1. The summed E-state index contributed by atoms with van der Waals surface area (Å²) in [6.45, 7) is 9.09. The van der Waals surface area contributed by atoms with Crippen molar-refractivity contribution < 1.29 is 14.6 Å². The molecule has 1 aliphatic heterocycles. The van der Waals surface area contributed by atoms with Crippen LogP contribution in [0.25, 0.3) is 0 Å². The zero-order chi connectivity index (χ0) is 18.2. The molecular weight excluding hydrogens is 318 g/mol. The van der Waals surface area contributed by atoms with Crippen molar-refractivity contribution in [2.75, 3.05) is 53.0 Å². The first-order chi connectivity index (χ1) is 12.0. The van der Waals surface area contributed by atoms with Crippen LogP contribution in [0.3, 0.4) is 0 Å². The quantitative estimate of drug-likeness (QED) is 0.736. The molecule has 2 rings (SSSR count). The molecule has 1 saturated heterocycles. The van der Waals surface area contributed by atoms with Gasteiger partial charge in [-0.1, -0.05) is 26.0 Å². The van der Waals surface area contributed by atoms with Crippen LogP contribution in [0.4, 0.5) is 0 Å². The number of β-amino-alcohol motifs (C(OH)–C–C–N with tert-alkyl or cyclic N) is 1. The van der Waals surface area contributed by atoms with Gasteiger partial charge in [0.1, 0.15) is 5.75 Å². The summed E-state index contributed by atoms with van der Waals surface area (Å²) < 4.78 is 5.20. The van der Waals surface area contributed by atoms with Crippen molar-refractivity contribution in [1.82, 2.24) is 15.1 Å². The summed E-state index contributed by atoms with van der Waals surface area (Å²) in [4.78, 5) is 16.9. The van der Waals surface area contributed by atoms with Crippen molar-refractivity contribution >= 4 is 5.91 Å². The third kappa shape index (κ3) is 5.99. The second-order valence-electron chi connectivity index (χ2n) is 6.90. The highest BCUT2D eigenvalue weighted by molar-refractivity contribution is 5.78. The number of ether oxygens (including phenoxy) is 1. The Morgan fingerprint density at radius 2 is 1.76 bits per heavy atom. The lowest BCUT2D eigenvalue weighted by Crippen LogP contribution is -2.50. The number of hydrogen-bond donors (Lipinski definition) is 2. The van der Waals surface area contributed by atoms with Gasteiger partial charge in [-0.15, -0.1) is 0 Å². The van der Waals surface area contributed by atoms with Gasteiger partial charge in [-0.2, -0.15) is 0 Å². The van der Waals surface area contributed by atoms with Gasteiger partial charge in [0.2, 0.25) is 5.91 Å². The van der Waals surface area contributed by atoms with Crippen LogP contribution in [0.2, 0.25) is 0 Å². The Morgan fingerprint density at radius 1 is 1.16 bits per heavy atom. The number of carbonyl (C=O) groups is 1. The molecule has 2 N–H and O–H groups in total. The Labute approximate surface area is 150 Å². The van der Waals surface area contributed by atoms with E-state index in [0.717, 1.165) is 37.5 Å². The normalized spacial score (nSPS) is 17.5. The molecule has 1 aromatic rings. The molecule has 1 amide bonds. The SMILES string of the molecule is COc1ccc([C@H](NC(=O)CN2CCN(CCO)CC2)C(C)C)cc1. The lowest BCUT2D eigenvalue weighted by molar-refractivity contribution is -0.123. The van der Waals surface area contributed by atoms with E-state index in [1.165, 1.54) is 0 Å². The van der Waals surface area contributed by atoms with Crippen molar-refractivity contribution in [3.63, 3.8) is 0 Å². The molecule has 140 valence electrons. The minimum atomic E-state index is -0.00548. The molecule has 0 saturated carbocycles. The molecule has 0 unspecified atom stereocenters. The summed E-state index contributed by atoms with van der Waals surface area (Å²) in [6.07, 6.45) is 0. The monoisotopic (exact) mass is 349 g/mol. The zero-order valence-corrected chi connectivity index (χ0v) is 15.6. The van der Waals surface area contributed by atoms with E-state index >= 15 is 0 Å². The van der Waals surface area contributed by atoms with Gasteiger partial charge in [0, 0.05) is 32.7 Å². The molecule has 25 heavy (non-hydrogen) atoms. The number of aliphatic hydroxyl groups is 1. The van der Waals surface area contributed by atoms with Crippen molar-refractivity contribution in [3.05, 3.63) is 29.8 Å². The summed E-state index contributed by atoms with van der Waals surface area (Å²) in [5, 5.41) is 12.2. The molecule has 0 bridgehead atoms. The number of methoxy groups -OCH3 is 1. The predicted molar refractivity (Wildman–Crippen MR) is 98.7 cm³/mol. The minimum absolute atomic E-state index is 0.00548. The summed E-state index contributed by atoms with van der Waals surface area (Å²) in [5.41, 5.74) is 1.09. The van der Waals surface area contributed by atoms with Crippen LogP contribution in [0.5, 0.6) is 5.75 Å². The topological polar surface area (TPSA) is 65.0 Å². The van der Waals surface area contributed by atoms with Crippen LogP contribution in [-0.4, -0.2) is 73.8 Å². The van der Waals surface area contributed by atoms with Gasteiger partial charge in [-0.3, -0.25) is 14.6 Å². The number of piperazine rings is 1. The molecule has 1 heterocycles. The van der Waals surface area contributed by atoms with E-state index in [1.54, 1.807) is 7.11 Å². The van der Waals surface area contributed by atoms with E-state index in [-0.39, 0.29) is 18.6 Å². The Bertz CT molecular complexity index is 525. The largest absolute Gasteiger partial charge is 0.497 e. The van der Waals surface area contributed by atoms with Crippen LogP contribution in [0.15, 0.2) is 24.3 Å². The number of aliphatic hydroxyl groups excluding tert-OH is 1. The number of nitrogens with one attached hydrogen (secondary N) is 1. The Morgan fingerprint density at radius 3 is 2.28 bits per heavy atom. The van der Waals surface area contributed by atoms with E-state index in [0.29, 0.717) is 19.0 Å². The summed E-state index contributed by atoms with van der Waals surface area (Å²) in [6, 6.07) is 7.87. The first-order valence-electron chi connectivity index (χ1n) is 9.02. The number of carbonyl (C=O) groups excluding carboxylic acids is 1. The smallest absolute Gasteiger partial charge is 0.234 e. The highest BCUT2D eigenvalue weighted by Gasteiger charge is 2.22. The molecule has 0 aliphatic carbocycles. The van der Waals surface area contributed by atoms with E-state index in [1.807, 2.05) is 24.3 Å². The summed E-state index contributed by atoms with van der Waals surface area (Å²) in [5.74, 6) is 1.18. The summed E-state index contributed by atoms with van der Waals surface area (Å²) in [7, 11) is 1.65. The molecule has 6 heteroatoms. The fourth-order valence-electron chi connectivity index (χ4n) is 3.18. The van der Waals surface area contributed by atoms with Gasteiger partial charge in [0.15, 0.2) is 0 Å². The number of rotatable bonds is 8. The molecule has 1 aliphatic rings.